The van der Waals surface area contributed by atoms with E-state index in [1.165, 1.54) is 10.4 Å². The highest BCUT2D eigenvalue weighted by Crippen LogP contribution is 2.44. The highest BCUT2D eigenvalue weighted by Gasteiger charge is 2.41. The van der Waals surface area contributed by atoms with Gasteiger partial charge in [0.1, 0.15) is 0 Å². The van der Waals surface area contributed by atoms with Gasteiger partial charge >= 0.3 is 0 Å². The summed E-state index contributed by atoms with van der Waals surface area (Å²) in [6, 6.07) is 16.7. The first-order valence-corrected chi connectivity index (χ1v) is 10.0. The zero-order valence-electron chi connectivity index (χ0n) is 13.5. The number of thiocarbonyl (C=S) groups is 1. The van der Waals surface area contributed by atoms with E-state index >= 15 is 0 Å². The topological polar surface area (TPSA) is 28.2 Å². The molecule has 0 aliphatic carbocycles. The second-order valence-corrected chi connectivity index (χ2v) is 8.25. The number of halogens is 1. The second-order valence-electron chi connectivity index (χ2n) is 6.00. The molecular weight excluding hydrogens is 414 g/mol. The monoisotopic (exact) mass is 429 g/mol. The van der Waals surface area contributed by atoms with Crippen molar-refractivity contribution in [1.29, 1.82) is 0 Å². The van der Waals surface area contributed by atoms with Gasteiger partial charge in [-0.25, -0.2) is 0 Å². The summed E-state index contributed by atoms with van der Waals surface area (Å²) in [5.74, 6) is 0. The first-order valence-electron chi connectivity index (χ1n) is 7.95. The van der Waals surface area contributed by atoms with Crippen molar-refractivity contribution >= 4 is 50.3 Å². The summed E-state index contributed by atoms with van der Waals surface area (Å²) in [4.78, 5) is 8.02. The lowest BCUT2D eigenvalue weighted by Gasteiger charge is -2.27. The van der Waals surface area contributed by atoms with Crippen LogP contribution in [0.3, 0.4) is 0 Å². The Bertz CT molecular complexity index is 910. The molecule has 25 heavy (non-hydrogen) atoms. The van der Waals surface area contributed by atoms with Crippen LogP contribution < -0.4 is 10.2 Å². The van der Waals surface area contributed by atoms with Crippen molar-refractivity contribution in [2.45, 2.75) is 19.0 Å². The van der Waals surface area contributed by atoms with Gasteiger partial charge in [-0.05, 0) is 71.0 Å². The van der Waals surface area contributed by atoms with Gasteiger partial charge in [-0.1, -0.05) is 18.2 Å². The third kappa shape index (κ3) is 3.21. The van der Waals surface area contributed by atoms with E-state index in [2.05, 4.69) is 79.8 Å². The van der Waals surface area contributed by atoms with Gasteiger partial charge in [0.15, 0.2) is 5.11 Å². The minimum absolute atomic E-state index is 0.0137. The van der Waals surface area contributed by atoms with Crippen LogP contribution in [0.4, 0.5) is 5.69 Å². The molecule has 6 heteroatoms. The number of rotatable bonds is 3. The Hall–Kier alpha value is -1.76. The Morgan fingerprint density at radius 1 is 1.20 bits per heavy atom. The SMILES string of the molecule is Cc1cccc(N2C(=S)N[C@@H](c3ccccn3)[C@@H]2c2cc(Br)cs2)c1. The standard InChI is InChI=1S/C19H16BrN3S2/c1-12-5-4-6-14(9-12)23-18(16-10-13(20)11-25-16)17(22-19(23)24)15-7-2-3-8-21-15/h2-11,17-18H,1H3,(H,22,24)/t17-,18-/m0/s1. The summed E-state index contributed by atoms with van der Waals surface area (Å²) in [5, 5.41) is 6.33. The van der Waals surface area contributed by atoms with Gasteiger partial charge in [0, 0.05) is 26.6 Å². The lowest BCUT2D eigenvalue weighted by molar-refractivity contribution is 0.575. The van der Waals surface area contributed by atoms with Crippen LogP contribution in [0.5, 0.6) is 0 Å². The number of aromatic nitrogens is 1. The number of nitrogens with zero attached hydrogens (tertiary/aromatic N) is 2. The van der Waals surface area contributed by atoms with Gasteiger partial charge in [-0.15, -0.1) is 11.3 Å². The minimum Gasteiger partial charge on any atom is -0.351 e. The van der Waals surface area contributed by atoms with Gasteiger partial charge in [-0.3, -0.25) is 4.98 Å². The van der Waals surface area contributed by atoms with E-state index in [0.717, 1.165) is 21.0 Å². The summed E-state index contributed by atoms with van der Waals surface area (Å²) >= 11 is 11.0. The van der Waals surface area contributed by atoms with Crippen molar-refractivity contribution < 1.29 is 0 Å². The molecule has 0 radical (unpaired) electrons. The fourth-order valence-electron chi connectivity index (χ4n) is 3.18. The maximum absolute atomic E-state index is 5.71. The zero-order valence-corrected chi connectivity index (χ0v) is 16.7. The van der Waals surface area contributed by atoms with Gasteiger partial charge < -0.3 is 10.2 Å². The van der Waals surface area contributed by atoms with Crippen molar-refractivity contribution in [2.24, 2.45) is 0 Å². The normalized spacial score (nSPS) is 19.9. The lowest BCUT2D eigenvalue weighted by Crippen LogP contribution is -2.29. The Morgan fingerprint density at radius 2 is 2.08 bits per heavy atom. The van der Waals surface area contributed by atoms with E-state index in [1.807, 2.05) is 18.3 Å². The second kappa shape index (κ2) is 6.86. The number of thiophene rings is 1. The lowest BCUT2D eigenvalue weighted by atomic mass is 10.0. The number of hydrogen-bond donors (Lipinski definition) is 1. The number of benzene rings is 1. The largest absolute Gasteiger partial charge is 0.351 e. The Kier molecular flexibility index (Phi) is 4.58. The number of anilines is 1. The van der Waals surface area contributed by atoms with E-state index in [4.69, 9.17) is 12.2 Å². The third-order valence-corrected chi connectivity index (χ3v) is 6.34. The number of aryl methyl sites for hydroxylation is 1. The molecule has 2 atom stereocenters. The molecule has 2 aromatic heterocycles. The molecule has 3 aromatic rings. The average molecular weight is 430 g/mol. The van der Waals surface area contributed by atoms with Crippen LogP contribution >= 0.6 is 39.5 Å². The van der Waals surface area contributed by atoms with Crippen molar-refractivity contribution in [2.75, 3.05) is 4.90 Å². The first-order chi connectivity index (χ1) is 12.1. The molecule has 1 aliphatic rings. The molecule has 3 heterocycles. The van der Waals surface area contributed by atoms with Crippen LogP contribution in [-0.4, -0.2) is 10.1 Å². The van der Waals surface area contributed by atoms with E-state index in [0.29, 0.717) is 0 Å². The van der Waals surface area contributed by atoms with Crippen LogP contribution in [0, 0.1) is 6.92 Å². The summed E-state index contributed by atoms with van der Waals surface area (Å²) < 4.78 is 1.09. The maximum atomic E-state index is 5.71. The number of hydrogen-bond acceptors (Lipinski definition) is 3. The molecule has 0 spiro atoms. The fraction of sp³-hybridized carbons (Fsp3) is 0.158. The molecule has 1 saturated heterocycles. The molecule has 1 fully saturated rings. The molecule has 126 valence electrons. The predicted octanol–water partition coefficient (Wildman–Crippen LogP) is 5.39. The molecule has 3 nitrogen and oxygen atoms in total. The van der Waals surface area contributed by atoms with Crippen LogP contribution in [-0.2, 0) is 0 Å². The van der Waals surface area contributed by atoms with E-state index in [-0.39, 0.29) is 12.1 Å². The molecule has 0 unspecified atom stereocenters. The number of nitrogens with one attached hydrogen (secondary N) is 1. The van der Waals surface area contributed by atoms with Gasteiger partial charge in [0.2, 0.25) is 0 Å². The van der Waals surface area contributed by atoms with E-state index < -0.39 is 0 Å². The molecule has 0 bridgehead atoms. The van der Waals surface area contributed by atoms with Crippen molar-refractivity contribution in [3.8, 4) is 0 Å². The van der Waals surface area contributed by atoms with Crippen LogP contribution in [0.2, 0.25) is 0 Å². The minimum atomic E-state index is 0.0137. The Morgan fingerprint density at radius 3 is 2.76 bits per heavy atom. The molecule has 1 aliphatic heterocycles. The number of pyridine rings is 1. The van der Waals surface area contributed by atoms with Crippen molar-refractivity contribution in [3.05, 3.63) is 80.7 Å². The van der Waals surface area contributed by atoms with Crippen LogP contribution in [0.15, 0.2) is 64.6 Å². The van der Waals surface area contributed by atoms with E-state index in [9.17, 15) is 0 Å². The van der Waals surface area contributed by atoms with Gasteiger partial charge in [0.25, 0.3) is 0 Å². The first kappa shape index (κ1) is 16.7. The molecule has 4 rings (SSSR count). The molecule has 0 amide bonds. The Labute approximate surface area is 164 Å². The maximum Gasteiger partial charge on any atom is 0.174 e. The van der Waals surface area contributed by atoms with Gasteiger partial charge in [0.05, 0.1) is 17.8 Å². The fourth-order valence-corrected chi connectivity index (χ4v) is 5.10. The average Bonchev–Trinajstić information content (AvgIpc) is 3.18. The quantitative estimate of drug-likeness (QED) is 0.564. The van der Waals surface area contributed by atoms with Crippen LogP contribution in [0.1, 0.15) is 28.2 Å². The Balaban J connectivity index is 1.83. The van der Waals surface area contributed by atoms with Crippen molar-refractivity contribution in [1.82, 2.24) is 10.3 Å². The molecule has 1 aromatic carbocycles. The smallest absolute Gasteiger partial charge is 0.174 e. The molecule has 0 saturated carbocycles. The highest BCUT2D eigenvalue weighted by atomic mass is 79.9. The van der Waals surface area contributed by atoms with Crippen LogP contribution in [0.25, 0.3) is 0 Å². The summed E-state index contributed by atoms with van der Waals surface area (Å²) in [5.41, 5.74) is 3.31. The predicted molar refractivity (Wildman–Crippen MR) is 111 cm³/mol. The van der Waals surface area contributed by atoms with Crippen molar-refractivity contribution in [3.63, 3.8) is 0 Å². The molecular formula is C19H16BrN3S2. The summed E-state index contributed by atoms with van der Waals surface area (Å²) in [6.45, 7) is 2.10. The highest BCUT2D eigenvalue weighted by molar-refractivity contribution is 9.10. The summed E-state index contributed by atoms with van der Waals surface area (Å²) in [7, 11) is 0. The zero-order chi connectivity index (χ0) is 17.4. The molecule has 1 N–H and O–H groups in total. The third-order valence-electron chi connectivity index (χ3n) is 4.26. The summed E-state index contributed by atoms with van der Waals surface area (Å²) in [6.07, 6.45) is 1.83. The van der Waals surface area contributed by atoms with Gasteiger partial charge in [-0.2, -0.15) is 0 Å². The van der Waals surface area contributed by atoms with E-state index in [1.54, 1.807) is 11.3 Å².